The van der Waals surface area contributed by atoms with Gasteiger partial charge < -0.3 is 18.9 Å². The minimum absolute atomic E-state index is 0.161. The smallest absolute Gasteiger partial charge is 0.258 e. The van der Waals surface area contributed by atoms with E-state index >= 15 is 19.2 Å². The summed E-state index contributed by atoms with van der Waals surface area (Å²) in [5.74, 6) is -7.47. The van der Waals surface area contributed by atoms with E-state index in [0.29, 0.717) is 45.9 Å². The maximum absolute atomic E-state index is 15.2. The Hall–Kier alpha value is -10.7. The van der Waals surface area contributed by atoms with E-state index in [1.807, 2.05) is 97.1 Å². The van der Waals surface area contributed by atoms with Gasteiger partial charge >= 0.3 is 0 Å². The number of imide groups is 4. The van der Waals surface area contributed by atoms with Crippen LogP contribution in [-0.4, -0.2) is 47.3 Å². The Bertz CT molecular complexity index is 3900. The third-order valence-electron chi connectivity index (χ3n) is 17.5. The average molecular weight is 1230 g/mol. The van der Waals surface area contributed by atoms with Gasteiger partial charge in [-0.25, -0.2) is 4.90 Å². The summed E-state index contributed by atoms with van der Waals surface area (Å²) in [4.78, 5) is 117. The number of carbonyl (C=O) groups excluding carboxylic acids is 8. The molecule has 4 heterocycles. The lowest BCUT2D eigenvalue weighted by atomic mass is 9.69. The number of rotatable bonds is 20. The van der Waals surface area contributed by atoms with Crippen molar-refractivity contribution < 1.29 is 57.3 Å². The van der Waals surface area contributed by atoms with Crippen LogP contribution in [0.5, 0.6) is 46.0 Å². The van der Waals surface area contributed by atoms with Crippen LogP contribution < -0.4 is 38.5 Å². The van der Waals surface area contributed by atoms with Crippen LogP contribution in [-0.2, 0) is 64.0 Å². The monoisotopic (exact) mass is 1230 g/mol. The average Bonchev–Trinajstić information content (AvgIpc) is 1.56. The highest BCUT2D eigenvalue weighted by molar-refractivity contribution is 6.30. The van der Waals surface area contributed by atoms with Crippen LogP contribution in [0, 0.1) is 35.5 Å². The molecule has 16 nitrogen and oxygen atoms in total. The molecule has 8 aromatic carbocycles. The molecule has 8 amide bonds. The van der Waals surface area contributed by atoms with E-state index in [4.69, 9.17) is 18.9 Å². The van der Waals surface area contributed by atoms with Crippen LogP contribution in [0.3, 0.4) is 0 Å². The van der Waals surface area contributed by atoms with Crippen LogP contribution in [0.15, 0.2) is 206 Å². The first-order chi connectivity index (χ1) is 44.6. The molecule has 0 aromatic heterocycles. The molecule has 3 saturated heterocycles. The zero-order valence-corrected chi connectivity index (χ0v) is 52.0. The number of nitrogens with zero attached hydrogens (tertiary/aromatic N) is 4. The van der Waals surface area contributed by atoms with Gasteiger partial charge in [0.05, 0.1) is 58.3 Å². The van der Waals surface area contributed by atoms with Crippen molar-refractivity contribution in [2.24, 2.45) is 35.5 Å². The van der Waals surface area contributed by atoms with Crippen LogP contribution in [0.4, 0.5) is 22.7 Å². The van der Waals surface area contributed by atoms with Gasteiger partial charge in [-0.15, -0.1) is 0 Å². The summed E-state index contributed by atoms with van der Waals surface area (Å²) in [5, 5.41) is 0. The van der Waals surface area contributed by atoms with Crippen molar-refractivity contribution in [1.29, 1.82) is 0 Å². The van der Waals surface area contributed by atoms with Gasteiger partial charge in [0.15, 0.2) is 0 Å². The molecule has 0 N–H and O–H groups in total. The zero-order valence-electron chi connectivity index (χ0n) is 52.0. The maximum atomic E-state index is 15.2. The van der Waals surface area contributed by atoms with Gasteiger partial charge in [-0.1, -0.05) is 90.1 Å². The molecule has 4 aliphatic rings. The number of amides is 8. The first-order valence-electron chi connectivity index (χ1n) is 31.3. The van der Waals surface area contributed by atoms with Gasteiger partial charge in [0, 0.05) is 12.2 Å². The van der Waals surface area contributed by atoms with Crippen LogP contribution in [0.25, 0.3) is 0 Å². The van der Waals surface area contributed by atoms with Gasteiger partial charge in [0.2, 0.25) is 35.4 Å². The molecule has 0 radical (unpaired) electrons. The standard InChI is InChI=1S/C58H55N3O9.C18H15NO3/c1-6-35-11-23-41(24-12-35)68-44-29-17-38(18-30-44)59-53(62)47(9-4)49(55(59)64)51-52(58(67)61(57(51)66)40-21-33-46(34-22-40)70-43-27-15-37(8-3)16-28-43)50-48(10-5)54(63)60(56(50)65)39-19-31-45(32-20-39)69-42-25-13-36(7-2)14-26-42;1-2-13-3-7-15(8-4-13)22-16-9-5-14(6-10-16)19-17(20)11-12-18(19)21/h11-34,47-52H,6-10H2,1-5H3;3-12H,2H2,1H3. The fourth-order valence-electron chi connectivity index (χ4n) is 12.4. The van der Waals surface area contributed by atoms with E-state index < -0.39 is 71.0 Å². The normalized spacial score (nSPS) is 19.5. The molecule has 6 atom stereocenters. The summed E-state index contributed by atoms with van der Waals surface area (Å²) in [5.41, 5.74) is 5.99. The molecular formula is C76H70N4O12. The summed E-state index contributed by atoms with van der Waals surface area (Å²) in [6.07, 6.45) is 6.49. The number of ether oxygens (including phenoxy) is 4. The molecule has 4 aliphatic heterocycles. The molecule has 466 valence electrons. The van der Waals surface area contributed by atoms with Crippen LogP contribution >= 0.6 is 0 Å². The fourth-order valence-corrected chi connectivity index (χ4v) is 12.4. The highest BCUT2D eigenvalue weighted by atomic mass is 16.5. The minimum Gasteiger partial charge on any atom is -0.457 e. The molecule has 92 heavy (non-hydrogen) atoms. The lowest BCUT2D eigenvalue weighted by Gasteiger charge is -2.28. The molecular weight excluding hydrogens is 1160 g/mol. The predicted molar refractivity (Wildman–Crippen MR) is 350 cm³/mol. The number of aryl methyl sites for hydroxylation is 4. The molecule has 0 bridgehead atoms. The Morgan fingerprint density at radius 3 is 0.663 bits per heavy atom. The van der Waals surface area contributed by atoms with E-state index in [9.17, 15) is 19.2 Å². The largest absolute Gasteiger partial charge is 0.457 e. The second-order valence-electron chi connectivity index (χ2n) is 22.9. The van der Waals surface area contributed by atoms with Crippen molar-refractivity contribution in [1.82, 2.24) is 0 Å². The van der Waals surface area contributed by atoms with Gasteiger partial charge in [-0.2, -0.15) is 0 Å². The summed E-state index contributed by atoms with van der Waals surface area (Å²) in [6.45, 7) is 11.8. The van der Waals surface area contributed by atoms with E-state index in [0.717, 1.165) is 67.7 Å². The summed E-state index contributed by atoms with van der Waals surface area (Å²) >= 11 is 0. The van der Waals surface area contributed by atoms with Crippen molar-refractivity contribution in [2.75, 3.05) is 19.6 Å². The molecule has 8 aromatic rings. The van der Waals surface area contributed by atoms with Gasteiger partial charge in [0.25, 0.3) is 11.8 Å². The topological polar surface area (TPSA) is 186 Å². The summed E-state index contributed by atoms with van der Waals surface area (Å²) < 4.78 is 23.9. The van der Waals surface area contributed by atoms with Crippen molar-refractivity contribution in [3.05, 3.63) is 229 Å². The highest BCUT2D eigenvalue weighted by Crippen LogP contribution is 2.51. The first-order valence-corrected chi connectivity index (χ1v) is 31.3. The Balaban J connectivity index is 0.000000331. The number of hydrogen-bond acceptors (Lipinski definition) is 12. The lowest BCUT2D eigenvalue weighted by Crippen LogP contribution is -2.42. The Labute approximate surface area is 534 Å². The Morgan fingerprint density at radius 2 is 0.446 bits per heavy atom. The van der Waals surface area contributed by atoms with Gasteiger partial charge in [-0.3, -0.25) is 53.1 Å². The zero-order chi connectivity index (χ0) is 64.7. The Morgan fingerprint density at radius 1 is 0.250 bits per heavy atom. The predicted octanol–water partition coefficient (Wildman–Crippen LogP) is 14.8. The lowest BCUT2D eigenvalue weighted by molar-refractivity contribution is -0.136. The van der Waals surface area contributed by atoms with Crippen molar-refractivity contribution in [3.8, 4) is 46.0 Å². The number of hydrogen-bond donors (Lipinski definition) is 0. The van der Waals surface area contributed by atoms with Crippen LogP contribution in [0.1, 0.15) is 76.6 Å². The third-order valence-corrected chi connectivity index (χ3v) is 17.5. The molecule has 0 aliphatic carbocycles. The van der Waals surface area contributed by atoms with Crippen molar-refractivity contribution in [2.45, 2.75) is 80.1 Å². The Kier molecular flexibility index (Phi) is 18.8. The number of anilines is 4. The van der Waals surface area contributed by atoms with E-state index in [2.05, 4.69) is 27.7 Å². The third kappa shape index (κ3) is 12.9. The number of benzene rings is 8. The fraction of sp³-hybridized carbons (Fsp3) is 0.237. The molecule has 16 heteroatoms. The van der Waals surface area contributed by atoms with E-state index in [1.165, 1.54) is 17.7 Å². The molecule has 0 saturated carbocycles. The summed E-state index contributed by atoms with van der Waals surface area (Å²) in [6, 6.07) is 57.3. The van der Waals surface area contributed by atoms with Crippen molar-refractivity contribution >= 4 is 70.0 Å². The van der Waals surface area contributed by atoms with Gasteiger partial charge in [-0.05, 0) is 206 Å². The second kappa shape index (κ2) is 27.6. The van der Waals surface area contributed by atoms with Gasteiger partial charge in [0.1, 0.15) is 46.0 Å². The summed E-state index contributed by atoms with van der Waals surface area (Å²) in [7, 11) is 0. The molecule has 12 rings (SSSR count). The van der Waals surface area contributed by atoms with Crippen LogP contribution in [0.2, 0.25) is 0 Å². The quantitative estimate of drug-likeness (QED) is 0.0658. The van der Waals surface area contributed by atoms with E-state index in [1.54, 1.807) is 111 Å². The van der Waals surface area contributed by atoms with Crippen molar-refractivity contribution in [3.63, 3.8) is 0 Å². The minimum atomic E-state index is -1.47. The molecule has 0 spiro atoms. The molecule has 3 fully saturated rings. The SMILES string of the molecule is CCc1ccc(Oc2ccc(N3C(=O)C(CC)C(C4C(=O)N(c5ccc(Oc6ccc(CC)cc6)cc5)C(=O)C4C4C(=O)N(c5ccc(Oc6ccc(CC)cc6)cc5)C(=O)C4CC)C3=O)cc2)cc1.CCc1ccc(Oc2ccc(N3C(=O)C=CC3=O)cc2)cc1. The maximum Gasteiger partial charge on any atom is 0.258 e. The number of carbonyl (C=O) groups is 8. The first kappa shape index (κ1) is 62.9. The molecule has 6 unspecified atom stereocenters. The second-order valence-corrected chi connectivity index (χ2v) is 22.9. The van der Waals surface area contributed by atoms with E-state index in [-0.39, 0.29) is 41.7 Å². The highest BCUT2D eigenvalue weighted by Gasteiger charge is 2.66.